The molecule has 0 spiro atoms. The molecule has 0 radical (unpaired) electrons. The molecule has 0 amide bonds. The molecule has 0 saturated carbocycles. The first kappa shape index (κ1) is 14.6. The number of aromatic nitrogens is 2. The van der Waals surface area contributed by atoms with Gasteiger partial charge in [0, 0.05) is 13.6 Å². The predicted octanol–water partition coefficient (Wildman–Crippen LogP) is 2.73. The van der Waals surface area contributed by atoms with Crippen molar-refractivity contribution in [3.8, 4) is 5.75 Å². The second-order valence-corrected chi connectivity index (χ2v) is 5.12. The van der Waals surface area contributed by atoms with Crippen LogP contribution in [0.3, 0.4) is 0 Å². The van der Waals surface area contributed by atoms with Gasteiger partial charge in [-0.1, -0.05) is 19.1 Å². The summed E-state index contributed by atoms with van der Waals surface area (Å²) in [6, 6.07) is 4.38. The third-order valence-corrected chi connectivity index (χ3v) is 3.38. The van der Waals surface area contributed by atoms with Crippen LogP contribution in [0.15, 0.2) is 24.7 Å². The molecule has 4 nitrogen and oxygen atoms in total. The van der Waals surface area contributed by atoms with E-state index in [1.165, 1.54) is 16.7 Å². The van der Waals surface area contributed by atoms with Crippen LogP contribution in [0.25, 0.3) is 0 Å². The summed E-state index contributed by atoms with van der Waals surface area (Å²) < 4.78 is 7.95. The van der Waals surface area contributed by atoms with E-state index in [0.717, 1.165) is 24.5 Å². The lowest BCUT2D eigenvalue weighted by Gasteiger charge is -2.14. The molecule has 0 unspecified atom stereocenters. The largest absolute Gasteiger partial charge is 0.487 e. The van der Waals surface area contributed by atoms with E-state index in [4.69, 9.17) is 4.74 Å². The SMILES string of the molecule is CCNCc1cc(C)c(OCc2cncn2C)c(C)c1. The van der Waals surface area contributed by atoms with E-state index in [1.807, 2.05) is 17.8 Å². The van der Waals surface area contributed by atoms with Gasteiger partial charge in [0.2, 0.25) is 0 Å². The number of imidazole rings is 1. The van der Waals surface area contributed by atoms with Gasteiger partial charge in [-0.2, -0.15) is 0 Å². The van der Waals surface area contributed by atoms with Crippen molar-refractivity contribution in [1.29, 1.82) is 0 Å². The standard InChI is InChI=1S/C16H23N3O/c1-5-17-8-14-6-12(2)16(13(3)7-14)20-10-15-9-18-11-19(15)4/h6-7,9,11,17H,5,8,10H2,1-4H3. The van der Waals surface area contributed by atoms with Crippen LogP contribution < -0.4 is 10.1 Å². The summed E-state index contributed by atoms with van der Waals surface area (Å²) >= 11 is 0. The zero-order valence-corrected chi connectivity index (χ0v) is 12.7. The van der Waals surface area contributed by atoms with Crippen LogP contribution in [0.4, 0.5) is 0 Å². The van der Waals surface area contributed by atoms with Crippen molar-refractivity contribution < 1.29 is 4.74 Å². The molecule has 1 aromatic carbocycles. The van der Waals surface area contributed by atoms with Crippen molar-refractivity contribution in [2.45, 2.75) is 33.9 Å². The number of ether oxygens (including phenoxy) is 1. The second-order valence-electron chi connectivity index (χ2n) is 5.12. The topological polar surface area (TPSA) is 39.1 Å². The summed E-state index contributed by atoms with van der Waals surface area (Å²) in [7, 11) is 1.98. The average Bonchev–Trinajstić information content (AvgIpc) is 2.81. The van der Waals surface area contributed by atoms with Crippen LogP contribution in [0.2, 0.25) is 0 Å². The fourth-order valence-corrected chi connectivity index (χ4v) is 2.31. The first-order valence-corrected chi connectivity index (χ1v) is 7.00. The highest BCUT2D eigenvalue weighted by molar-refractivity contribution is 5.43. The first-order valence-electron chi connectivity index (χ1n) is 7.00. The predicted molar refractivity (Wildman–Crippen MR) is 80.8 cm³/mol. The van der Waals surface area contributed by atoms with Crippen LogP contribution in [-0.4, -0.2) is 16.1 Å². The third-order valence-electron chi connectivity index (χ3n) is 3.38. The Morgan fingerprint density at radius 3 is 2.50 bits per heavy atom. The molecule has 1 heterocycles. The molecule has 4 heteroatoms. The molecule has 0 aliphatic carbocycles. The zero-order valence-electron chi connectivity index (χ0n) is 12.7. The van der Waals surface area contributed by atoms with Crippen LogP contribution in [0.5, 0.6) is 5.75 Å². The van der Waals surface area contributed by atoms with Gasteiger partial charge in [0.25, 0.3) is 0 Å². The number of rotatable bonds is 6. The molecule has 0 aliphatic heterocycles. The highest BCUT2D eigenvalue weighted by Crippen LogP contribution is 2.25. The van der Waals surface area contributed by atoms with Crippen molar-refractivity contribution in [2.24, 2.45) is 7.05 Å². The highest BCUT2D eigenvalue weighted by atomic mass is 16.5. The molecule has 0 saturated heterocycles. The third kappa shape index (κ3) is 3.39. The minimum absolute atomic E-state index is 0.546. The quantitative estimate of drug-likeness (QED) is 0.879. The summed E-state index contributed by atoms with van der Waals surface area (Å²) in [5, 5.41) is 3.35. The fourth-order valence-electron chi connectivity index (χ4n) is 2.31. The van der Waals surface area contributed by atoms with E-state index in [-0.39, 0.29) is 0 Å². The summed E-state index contributed by atoms with van der Waals surface area (Å²) in [5.74, 6) is 0.978. The maximum atomic E-state index is 5.97. The highest BCUT2D eigenvalue weighted by Gasteiger charge is 2.08. The van der Waals surface area contributed by atoms with Crippen molar-refractivity contribution in [1.82, 2.24) is 14.9 Å². The van der Waals surface area contributed by atoms with Gasteiger partial charge in [-0.05, 0) is 37.1 Å². The van der Waals surface area contributed by atoms with Crippen LogP contribution in [0, 0.1) is 13.8 Å². The average molecular weight is 273 g/mol. The molecule has 108 valence electrons. The van der Waals surface area contributed by atoms with Gasteiger partial charge in [0.1, 0.15) is 12.4 Å². The molecule has 1 aromatic heterocycles. The van der Waals surface area contributed by atoms with Gasteiger partial charge < -0.3 is 14.6 Å². The van der Waals surface area contributed by atoms with Crippen LogP contribution in [0.1, 0.15) is 29.3 Å². The van der Waals surface area contributed by atoms with E-state index < -0.39 is 0 Å². The maximum Gasteiger partial charge on any atom is 0.130 e. The van der Waals surface area contributed by atoms with Gasteiger partial charge >= 0.3 is 0 Å². The number of nitrogens with one attached hydrogen (secondary N) is 1. The number of benzene rings is 1. The molecular formula is C16H23N3O. The van der Waals surface area contributed by atoms with Gasteiger partial charge in [-0.3, -0.25) is 0 Å². The van der Waals surface area contributed by atoms with Crippen molar-refractivity contribution in [2.75, 3.05) is 6.54 Å². The Kier molecular flexibility index (Phi) is 4.79. The fraction of sp³-hybridized carbons (Fsp3) is 0.438. The van der Waals surface area contributed by atoms with E-state index in [1.54, 1.807) is 6.33 Å². The van der Waals surface area contributed by atoms with Gasteiger partial charge in [0.05, 0.1) is 18.2 Å². The lowest BCUT2D eigenvalue weighted by atomic mass is 10.1. The van der Waals surface area contributed by atoms with Gasteiger partial charge in [-0.15, -0.1) is 0 Å². The van der Waals surface area contributed by atoms with E-state index >= 15 is 0 Å². The molecular weight excluding hydrogens is 250 g/mol. The van der Waals surface area contributed by atoms with E-state index in [0.29, 0.717) is 6.61 Å². The molecule has 0 fully saturated rings. The summed E-state index contributed by atoms with van der Waals surface area (Å²) in [6.07, 6.45) is 3.63. The zero-order chi connectivity index (χ0) is 14.5. The molecule has 0 bridgehead atoms. The number of aryl methyl sites for hydroxylation is 3. The minimum Gasteiger partial charge on any atom is -0.487 e. The Labute approximate surface area is 120 Å². The first-order chi connectivity index (χ1) is 9.61. The second kappa shape index (κ2) is 6.57. The smallest absolute Gasteiger partial charge is 0.130 e. The minimum atomic E-state index is 0.546. The lowest BCUT2D eigenvalue weighted by Crippen LogP contribution is -2.12. The Morgan fingerprint density at radius 2 is 1.95 bits per heavy atom. The molecule has 2 aromatic rings. The van der Waals surface area contributed by atoms with Gasteiger partial charge in [0.15, 0.2) is 0 Å². The van der Waals surface area contributed by atoms with Gasteiger partial charge in [-0.25, -0.2) is 4.98 Å². The monoisotopic (exact) mass is 273 g/mol. The number of hydrogen-bond acceptors (Lipinski definition) is 3. The van der Waals surface area contributed by atoms with Crippen molar-refractivity contribution in [3.05, 3.63) is 47.0 Å². The Hall–Kier alpha value is -1.81. The summed E-state index contributed by atoms with van der Waals surface area (Å²) in [4.78, 5) is 4.10. The number of nitrogens with zero attached hydrogens (tertiary/aromatic N) is 2. The molecule has 1 N–H and O–H groups in total. The summed E-state index contributed by atoms with van der Waals surface area (Å²) in [6.45, 7) is 8.74. The Morgan fingerprint density at radius 1 is 1.25 bits per heavy atom. The van der Waals surface area contributed by atoms with Crippen molar-refractivity contribution >= 4 is 0 Å². The Balaban J connectivity index is 2.10. The van der Waals surface area contributed by atoms with Crippen LogP contribution in [-0.2, 0) is 20.2 Å². The molecule has 0 aliphatic rings. The molecule has 20 heavy (non-hydrogen) atoms. The Bertz CT molecular complexity index is 552. The van der Waals surface area contributed by atoms with Crippen LogP contribution >= 0.6 is 0 Å². The molecule has 2 rings (SSSR count). The molecule has 0 atom stereocenters. The number of hydrogen-bond donors (Lipinski definition) is 1. The van der Waals surface area contributed by atoms with E-state index in [9.17, 15) is 0 Å². The summed E-state index contributed by atoms with van der Waals surface area (Å²) in [5.41, 5.74) is 4.73. The maximum absolute atomic E-state index is 5.97. The normalized spacial score (nSPS) is 10.8. The van der Waals surface area contributed by atoms with E-state index in [2.05, 4.69) is 43.2 Å². The van der Waals surface area contributed by atoms with Crippen molar-refractivity contribution in [3.63, 3.8) is 0 Å². The lowest BCUT2D eigenvalue weighted by molar-refractivity contribution is 0.293.